The third-order valence-corrected chi connectivity index (χ3v) is 13.2. The minimum absolute atomic E-state index is 0.106. The van der Waals surface area contributed by atoms with Crippen LogP contribution >= 0.6 is 0 Å². The van der Waals surface area contributed by atoms with E-state index >= 15 is 0 Å². The van der Waals surface area contributed by atoms with Gasteiger partial charge in [0.1, 0.15) is 12.2 Å². The highest BCUT2D eigenvalue weighted by Crippen LogP contribution is 2.69. The van der Waals surface area contributed by atoms with Gasteiger partial charge in [-0.2, -0.15) is 0 Å². The van der Waals surface area contributed by atoms with Gasteiger partial charge >= 0.3 is 17.9 Å². The van der Waals surface area contributed by atoms with Crippen molar-refractivity contribution < 1.29 is 28.6 Å². The number of esters is 3. The molecule has 4 rings (SSSR count). The van der Waals surface area contributed by atoms with Gasteiger partial charge < -0.3 is 25.7 Å². The predicted molar refractivity (Wildman–Crippen MR) is 180 cm³/mol. The fourth-order valence-corrected chi connectivity index (χ4v) is 10.8. The molecular formula is C38H66N2O6. The molecule has 0 aliphatic heterocycles. The molecule has 10 atom stereocenters. The minimum atomic E-state index is -0.274. The zero-order valence-corrected chi connectivity index (χ0v) is 29.6. The largest absolute Gasteiger partial charge is 0.466 e. The zero-order valence-electron chi connectivity index (χ0n) is 29.6. The number of nitrogens with two attached hydrogens (primary N) is 2. The number of hydrogen-bond acceptors (Lipinski definition) is 8. The maximum Gasteiger partial charge on any atom is 0.307 e. The summed E-state index contributed by atoms with van der Waals surface area (Å²) in [7, 11) is 0. The standard InChI is InChI=1S/C38H66N2O6/c1-5-6-7-8-9-12-23-44-33(41)17-14-26(2)28-15-16-29-36-30(25-32(38(28,29)4)46-35(43)19-22-40)37(3)20-11-10-13-27(37)24-31(36)45-34(42)18-21-39/h26-32,36H,5-25,39-40H2,1-4H3/t26-,27+,28-,29+,30+,31-,32+,36+,37+,38-/m1/s1. The molecule has 4 aliphatic rings. The van der Waals surface area contributed by atoms with Crippen LogP contribution in [-0.4, -0.2) is 49.8 Å². The minimum Gasteiger partial charge on any atom is -0.466 e. The summed E-state index contributed by atoms with van der Waals surface area (Å²) in [5.41, 5.74) is 11.4. The summed E-state index contributed by atoms with van der Waals surface area (Å²) in [6.45, 7) is 10.4. The Kier molecular flexibility index (Phi) is 13.8. The van der Waals surface area contributed by atoms with Crippen LogP contribution in [0.4, 0.5) is 0 Å². The highest BCUT2D eigenvalue weighted by atomic mass is 16.6. The molecule has 0 amide bonds. The molecular weight excluding hydrogens is 580 g/mol. The van der Waals surface area contributed by atoms with E-state index in [1.54, 1.807) is 0 Å². The van der Waals surface area contributed by atoms with Crippen molar-refractivity contribution in [3.05, 3.63) is 0 Å². The molecule has 8 heteroatoms. The summed E-state index contributed by atoms with van der Waals surface area (Å²) in [5.74, 6) is 1.37. The molecule has 0 spiro atoms. The summed E-state index contributed by atoms with van der Waals surface area (Å²) < 4.78 is 18.4. The second-order valence-electron chi connectivity index (χ2n) is 15.8. The second kappa shape index (κ2) is 17.1. The molecule has 4 fully saturated rings. The number of rotatable bonds is 17. The first kappa shape index (κ1) is 37.2. The Balaban J connectivity index is 1.52. The molecule has 0 bridgehead atoms. The van der Waals surface area contributed by atoms with Crippen LogP contribution < -0.4 is 11.5 Å². The van der Waals surface area contributed by atoms with Crippen LogP contribution in [0.3, 0.4) is 0 Å². The molecule has 4 aliphatic carbocycles. The van der Waals surface area contributed by atoms with Crippen LogP contribution in [0.5, 0.6) is 0 Å². The van der Waals surface area contributed by atoms with E-state index < -0.39 is 0 Å². The number of fused-ring (bicyclic) bond motifs is 5. The van der Waals surface area contributed by atoms with E-state index in [0.717, 1.165) is 44.9 Å². The molecule has 4 N–H and O–H groups in total. The van der Waals surface area contributed by atoms with Crippen molar-refractivity contribution in [1.29, 1.82) is 0 Å². The van der Waals surface area contributed by atoms with Crippen LogP contribution in [0.2, 0.25) is 0 Å². The summed E-state index contributed by atoms with van der Waals surface area (Å²) in [5, 5.41) is 0. The number of unbranched alkanes of at least 4 members (excludes halogenated alkanes) is 5. The lowest BCUT2D eigenvalue weighted by molar-refractivity contribution is -0.221. The number of carbonyl (C=O) groups is 3. The number of hydrogen-bond donors (Lipinski definition) is 2. The molecule has 264 valence electrons. The Morgan fingerprint density at radius 1 is 0.804 bits per heavy atom. The first-order valence-electron chi connectivity index (χ1n) is 19.0. The Morgan fingerprint density at radius 3 is 2.22 bits per heavy atom. The lowest BCUT2D eigenvalue weighted by atomic mass is 9.43. The topological polar surface area (TPSA) is 131 Å². The van der Waals surface area contributed by atoms with Gasteiger partial charge in [-0.3, -0.25) is 14.4 Å². The highest BCUT2D eigenvalue weighted by Gasteiger charge is 2.67. The van der Waals surface area contributed by atoms with Gasteiger partial charge in [0.05, 0.1) is 19.4 Å². The van der Waals surface area contributed by atoms with E-state index in [0.29, 0.717) is 31.4 Å². The van der Waals surface area contributed by atoms with E-state index in [-0.39, 0.29) is 84.0 Å². The quantitative estimate of drug-likeness (QED) is 0.0972. The third-order valence-electron chi connectivity index (χ3n) is 13.2. The van der Waals surface area contributed by atoms with Crippen LogP contribution in [-0.2, 0) is 28.6 Å². The predicted octanol–water partition coefficient (Wildman–Crippen LogP) is 7.10. The summed E-state index contributed by atoms with van der Waals surface area (Å²) in [6.07, 6.45) is 16.8. The van der Waals surface area contributed by atoms with E-state index in [1.807, 2.05) is 0 Å². The van der Waals surface area contributed by atoms with E-state index in [4.69, 9.17) is 25.7 Å². The van der Waals surface area contributed by atoms with Crippen molar-refractivity contribution in [2.24, 2.45) is 57.8 Å². The third kappa shape index (κ3) is 8.30. The first-order chi connectivity index (χ1) is 22.1. The first-order valence-corrected chi connectivity index (χ1v) is 19.0. The fourth-order valence-electron chi connectivity index (χ4n) is 10.8. The van der Waals surface area contributed by atoms with Crippen molar-refractivity contribution in [2.45, 2.75) is 155 Å². The van der Waals surface area contributed by atoms with E-state index in [9.17, 15) is 14.4 Å². The summed E-state index contributed by atoms with van der Waals surface area (Å²) in [6, 6.07) is 0. The molecule has 4 saturated carbocycles. The van der Waals surface area contributed by atoms with Crippen molar-refractivity contribution in [3.63, 3.8) is 0 Å². The molecule has 8 nitrogen and oxygen atoms in total. The SMILES string of the molecule is CCCCCCCCOC(=O)CC[C@@H](C)[C@H]1CC[C@H]2[C@@H]3[C@H](OC(=O)CCN)C[C@@H]4CCCC[C@]4(C)[C@H]3C[C@H](OC(=O)CCN)[C@]12C. The van der Waals surface area contributed by atoms with Crippen LogP contribution in [0.25, 0.3) is 0 Å². The fraction of sp³-hybridized carbons (Fsp3) is 0.921. The van der Waals surface area contributed by atoms with Gasteiger partial charge in [0, 0.05) is 30.8 Å². The molecule has 0 aromatic rings. The maximum atomic E-state index is 13.1. The normalized spacial score (nSPS) is 35.7. The van der Waals surface area contributed by atoms with E-state index in [2.05, 4.69) is 27.7 Å². The molecule has 0 heterocycles. The van der Waals surface area contributed by atoms with Gasteiger partial charge in [0.25, 0.3) is 0 Å². The average Bonchev–Trinajstić information content (AvgIpc) is 3.38. The molecule has 0 aromatic heterocycles. The lowest BCUT2D eigenvalue weighted by Gasteiger charge is -2.63. The van der Waals surface area contributed by atoms with Crippen LogP contribution in [0, 0.1) is 46.3 Å². The number of carbonyl (C=O) groups excluding carboxylic acids is 3. The van der Waals surface area contributed by atoms with Crippen molar-refractivity contribution >= 4 is 17.9 Å². The zero-order chi connectivity index (χ0) is 33.3. The lowest BCUT2D eigenvalue weighted by Crippen LogP contribution is -2.63. The monoisotopic (exact) mass is 646 g/mol. The van der Waals surface area contributed by atoms with Gasteiger partial charge in [0.15, 0.2) is 0 Å². The highest BCUT2D eigenvalue weighted by molar-refractivity contribution is 5.70. The summed E-state index contributed by atoms with van der Waals surface area (Å²) in [4.78, 5) is 38.8. The van der Waals surface area contributed by atoms with Crippen LogP contribution in [0.1, 0.15) is 143 Å². The Morgan fingerprint density at radius 2 is 1.50 bits per heavy atom. The Labute approximate surface area is 279 Å². The van der Waals surface area contributed by atoms with Gasteiger partial charge in [-0.05, 0) is 86.4 Å². The molecule has 0 aromatic carbocycles. The van der Waals surface area contributed by atoms with Gasteiger partial charge in [0.2, 0.25) is 0 Å². The van der Waals surface area contributed by atoms with Gasteiger partial charge in [-0.15, -0.1) is 0 Å². The van der Waals surface area contributed by atoms with Crippen molar-refractivity contribution in [2.75, 3.05) is 19.7 Å². The second-order valence-corrected chi connectivity index (χ2v) is 15.8. The average molecular weight is 647 g/mol. The molecule has 0 saturated heterocycles. The van der Waals surface area contributed by atoms with Gasteiger partial charge in [-0.25, -0.2) is 0 Å². The maximum absolute atomic E-state index is 13.1. The molecule has 0 unspecified atom stereocenters. The van der Waals surface area contributed by atoms with Gasteiger partial charge in [-0.1, -0.05) is 72.6 Å². The van der Waals surface area contributed by atoms with Crippen molar-refractivity contribution in [1.82, 2.24) is 0 Å². The summed E-state index contributed by atoms with van der Waals surface area (Å²) >= 11 is 0. The Bertz CT molecular complexity index is 1010. The number of ether oxygens (including phenoxy) is 3. The molecule has 0 radical (unpaired) electrons. The van der Waals surface area contributed by atoms with Crippen LogP contribution in [0.15, 0.2) is 0 Å². The Hall–Kier alpha value is -1.67. The smallest absolute Gasteiger partial charge is 0.307 e. The van der Waals surface area contributed by atoms with Crippen molar-refractivity contribution in [3.8, 4) is 0 Å². The molecule has 46 heavy (non-hydrogen) atoms. The van der Waals surface area contributed by atoms with E-state index in [1.165, 1.54) is 51.4 Å².